The van der Waals surface area contributed by atoms with Crippen LogP contribution in [0.3, 0.4) is 0 Å². The number of urea groups is 1. The Morgan fingerprint density at radius 3 is 2.43 bits per heavy atom. The second-order valence-electron chi connectivity index (χ2n) is 5.82. The van der Waals surface area contributed by atoms with Crippen molar-refractivity contribution in [3.05, 3.63) is 29.3 Å². The molecule has 0 unspecified atom stereocenters. The fourth-order valence-corrected chi connectivity index (χ4v) is 2.92. The summed E-state index contributed by atoms with van der Waals surface area (Å²) >= 11 is 5.88. The Labute approximate surface area is 142 Å². The van der Waals surface area contributed by atoms with E-state index < -0.39 is 0 Å². The lowest BCUT2D eigenvalue weighted by Gasteiger charge is -2.24. The molecule has 0 saturated carbocycles. The maximum Gasteiger partial charge on any atom is 0.317 e. The Kier molecular flexibility index (Phi) is 6.28. The summed E-state index contributed by atoms with van der Waals surface area (Å²) in [5.74, 6) is 0.0233. The van der Waals surface area contributed by atoms with Gasteiger partial charge in [-0.05, 0) is 37.1 Å². The zero-order valence-corrected chi connectivity index (χ0v) is 14.5. The molecule has 1 aliphatic rings. The van der Waals surface area contributed by atoms with Gasteiger partial charge in [-0.1, -0.05) is 25.4 Å². The van der Waals surface area contributed by atoms with Gasteiger partial charge >= 0.3 is 6.03 Å². The molecule has 5 nitrogen and oxygen atoms in total. The summed E-state index contributed by atoms with van der Waals surface area (Å²) < 4.78 is 0. The number of hydrogen-bond donors (Lipinski definition) is 1. The fraction of sp³-hybridized carbons (Fsp3) is 0.529. The summed E-state index contributed by atoms with van der Waals surface area (Å²) in [7, 11) is 0. The second kappa shape index (κ2) is 8.20. The lowest BCUT2D eigenvalue weighted by atomic mass is 10.2. The van der Waals surface area contributed by atoms with E-state index in [1.165, 1.54) is 0 Å². The number of nitrogens with one attached hydrogen (secondary N) is 1. The molecular weight excluding hydrogens is 314 g/mol. The number of amides is 3. The predicted molar refractivity (Wildman–Crippen MR) is 92.9 cm³/mol. The first-order valence-corrected chi connectivity index (χ1v) is 8.54. The van der Waals surface area contributed by atoms with E-state index in [1.54, 1.807) is 17.0 Å². The standard InChI is InChI=1S/C17H24ClN3O2/c1-3-9-20(10-4-2)17(23)19-14-11-16(22)21(12-14)15-7-5-13(18)6-8-15/h5-8,14H,3-4,9-12H2,1-2H3,(H,19,23)/t14-/m0/s1. The molecule has 0 aromatic heterocycles. The molecule has 1 aromatic rings. The van der Waals surface area contributed by atoms with E-state index in [9.17, 15) is 9.59 Å². The third-order valence-corrected chi connectivity index (χ3v) is 4.12. The number of nitrogens with zero attached hydrogens (tertiary/aromatic N) is 2. The summed E-state index contributed by atoms with van der Waals surface area (Å²) in [5, 5.41) is 3.63. The first-order valence-electron chi connectivity index (χ1n) is 8.16. The highest BCUT2D eigenvalue weighted by Gasteiger charge is 2.32. The smallest absolute Gasteiger partial charge is 0.317 e. The van der Waals surface area contributed by atoms with Crippen LogP contribution in [0.1, 0.15) is 33.1 Å². The molecule has 1 aliphatic heterocycles. The summed E-state index contributed by atoms with van der Waals surface area (Å²) in [6.45, 7) is 6.08. The molecule has 1 aromatic carbocycles. The van der Waals surface area contributed by atoms with Crippen molar-refractivity contribution in [1.82, 2.24) is 10.2 Å². The fourth-order valence-electron chi connectivity index (χ4n) is 2.80. The van der Waals surface area contributed by atoms with Gasteiger partial charge in [-0.2, -0.15) is 0 Å². The van der Waals surface area contributed by atoms with E-state index in [1.807, 2.05) is 17.0 Å². The first-order chi connectivity index (χ1) is 11.0. The number of carbonyl (C=O) groups is 2. The molecule has 0 aliphatic carbocycles. The monoisotopic (exact) mass is 337 g/mol. The number of rotatable bonds is 6. The van der Waals surface area contributed by atoms with Gasteiger partial charge in [-0.15, -0.1) is 0 Å². The highest BCUT2D eigenvalue weighted by molar-refractivity contribution is 6.30. The highest BCUT2D eigenvalue weighted by atomic mass is 35.5. The third kappa shape index (κ3) is 4.61. The molecule has 0 spiro atoms. The van der Waals surface area contributed by atoms with Gasteiger partial charge in [0.2, 0.25) is 5.91 Å². The van der Waals surface area contributed by atoms with E-state index in [0.29, 0.717) is 18.0 Å². The van der Waals surface area contributed by atoms with Gasteiger partial charge in [0.1, 0.15) is 0 Å². The minimum absolute atomic E-state index is 0.0233. The molecule has 126 valence electrons. The van der Waals surface area contributed by atoms with Crippen molar-refractivity contribution in [3.8, 4) is 0 Å². The van der Waals surface area contributed by atoms with Crippen LogP contribution in [0, 0.1) is 0 Å². The Hall–Kier alpha value is -1.75. The average Bonchev–Trinajstić information content (AvgIpc) is 2.88. The van der Waals surface area contributed by atoms with Gasteiger partial charge in [0.25, 0.3) is 0 Å². The summed E-state index contributed by atoms with van der Waals surface area (Å²) in [6, 6.07) is 6.95. The molecule has 6 heteroatoms. The van der Waals surface area contributed by atoms with Crippen LogP contribution in [-0.2, 0) is 4.79 Å². The SMILES string of the molecule is CCCN(CCC)C(=O)N[C@H]1CC(=O)N(c2ccc(Cl)cc2)C1. The molecule has 23 heavy (non-hydrogen) atoms. The number of benzene rings is 1. The van der Waals surface area contributed by atoms with E-state index in [0.717, 1.165) is 31.6 Å². The topological polar surface area (TPSA) is 52.7 Å². The van der Waals surface area contributed by atoms with Crippen LogP contribution in [0.5, 0.6) is 0 Å². The quantitative estimate of drug-likeness (QED) is 0.866. The van der Waals surface area contributed by atoms with E-state index in [4.69, 9.17) is 11.6 Å². The van der Waals surface area contributed by atoms with Crippen LogP contribution in [0.4, 0.5) is 10.5 Å². The van der Waals surface area contributed by atoms with Gasteiger partial charge in [0.05, 0.1) is 6.04 Å². The van der Waals surface area contributed by atoms with Crippen molar-refractivity contribution in [2.75, 3.05) is 24.5 Å². The predicted octanol–water partition coefficient (Wildman–Crippen LogP) is 3.28. The maximum atomic E-state index is 12.3. The number of carbonyl (C=O) groups excluding carboxylic acids is 2. The zero-order valence-electron chi connectivity index (χ0n) is 13.7. The summed E-state index contributed by atoms with van der Waals surface area (Å²) in [6.07, 6.45) is 2.18. The van der Waals surface area contributed by atoms with Gasteiger partial charge in [0, 0.05) is 36.8 Å². The van der Waals surface area contributed by atoms with Crippen LogP contribution in [0.25, 0.3) is 0 Å². The molecule has 1 atom stereocenters. The largest absolute Gasteiger partial charge is 0.333 e. The van der Waals surface area contributed by atoms with Crippen LogP contribution in [-0.4, -0.2) is 42.5 Å². The lowest BCUT2D eigenvalue weighted by Crippen LogP contribution is -2.46. The minimum Gasteiger partial charge on any atom is -0.333 e. The molecule has 2 rings (SSSR count). The van der Waals surface area contributed by atoms with Gasteiger partial charge < -0.3 is 15.1 Å². The van der Waals surface area contributed by atoms with Crippen LogP contribution in [0.2, 0.25) is 5.02 Å². The van der Waals surface area contributed by atoms with Crippen molar-refractivity contribution < 1.29 is 9.59 Å². The molecule has 1 N–H and O–H groups in total. The van der Waals surface area contributed by atoms with Crippen LogP contribution < -0.4 is 10.2 Å². The zero-order chi connectivity index (χ0) is 16.8. The maximum absolute atomic E-state index is 12.3. The van der Waals surface area contributed by atoms with Crippen LogP contribution >= 0.6 is 11.6 Å². The number of hydrogen-bond acceptors (Lipinski definition) is 2. The normalized spacial score (nSPS) is 17.4. The third-order valence-electron chi connectivity index (χ3n) is 3.87. The van der Waals surface area contributed by atoms with Gasteiger partial charge in [-0.3, -0.25) is 4.79 Å². The van der Waals surface area contributed by atoms with Crippen molar-refractivity contribution in [1.29, 1.82) is 0 Å². The Morgan fingerprint density at radius 2 is 1.87 bits per heavy atom. The first kappa shape index (κ1) is 17.6. The van der Waals surface area contributed by atoms with Gasteiger partial charge in [-0.25, -0.2) is 4.79 Å². The molecule has 1 saturated heterocycles. The van der Waals surface area contributed by atoms with Crippen molar-refractivity contribution in [2.45, 2.75) is 39.2 Å². The Morgan fingerprint density at radius 1 is 1.26 bits per heavy atom. The average molecular weight is 338 g/mol. The highest BCUT2D eigenvalue weighted by Crippen LogP contribution is 2.23. The van der Waals surface area contributed by atoms with Crippen LogP contribution in [0.15, 0.2) is 24.3 Å². The van der Waals surface area contributed by atoms with Gasteiger partial charge in [0.15, 0.2) is 0 Å². The molecule has 1 heterocycles. The Bertz CT molecular complexity index is 541. The number of halogens is 1. The molecule has 0 bridgehead atoms. The molecular formula is C17H24ClN3O2. The summed E-state index contributed by atoms with van der Waals surface area (Å²) in [4.78, 5) is 28.1. The van der Waals surface area contributed by atoms with E-state index in [-0.39, 0.29) is 18.0 Å². The molecule has 3 amide bonds. The lowest BCUT2D eigenvalue weighted by molar-refractivity contribution is -0.117. The Balaban J connectivity index is 1.96. The summed E-state index contributed by atoms with van der Waals surface area (Å²) in [5.41, 5.74) is 0.815. The molecule has 0 radical (unpaired) electrons. The minimum atomic E-state index is -0.151. The molecule has 1 fully saturated rings. The second-order valence-corrected chi connectivity index (χ2v) is 6.25. The van der Waals surface area contributed by atoms with Crippen molar-refractivity contribution in [2.24, 2.45) is 0 Å². The van der Waals surface area contributed by atoms with Crippen molar-refractivity contribution >= 4 is 29.2 Å². The van der Waals surface area contributed by atoms with Crippen molar-refractivity contribution in [3.63, 3.8) is 0 Å². The van der Waals surface area contributed by atoms with E-state index >= 15 is 0 Å². The number of anilines is 1. The van der Waals surface area contributed by atoms with E-state index in [2.05, 4.69) is 19.2 Å².